The molecule has 2 unspecified atom stereocenters. The number of hydrogen-bond acceptors (Lipinski definition) is 11. The number of hydrogen-bond donors (Lipinski definition) is 4. The van der Waals surface area contributed by atoms with Crippen LogP contribution in [0.25, 0.3) is 0 Å². The molecule has 6 N–H and O–H groups in total. The average Bonchev–Trinajstić information content (AvgIpc) is 3.54. The molecule has 6 aromatic rings. The third kappa shape index (κ3) is 10.5. The zero-order chi connectivity index (χ0) is 44.3. The number of urea groups is 1. The molecule has 0 saturated carbocycles. The maximum Gasteiger partial charge on any atom is 0.339 e. The van der Waals surface area contributed by atoms with Gasteiger partial charge in [-0.25, -0.2) is 23.2 Å². The molecular formula is C45H42Cl2F2N8O5. The second-order valence-corrected chi connectivity index (χ2v) is 14.8. The van der Waals surface area contributed by atoms with Gasteiger partial charge in [0, 0.05) is 49.3 Å². The minimum atomic E-state index is -0.558. The summed E-state index contributed by atoms with van der Waals surface area (Å²) in [4.78, 5) is 51.7. The first-order valence-corrected chi connectivity index (χ1v) is 20.0. The van der Waals surface area contributed by atoms with Gasteiger partial charge in [0.15, 0.2) is 0 Å². The van der Waals surface area contributed by atoms with Gasteiger partial charge in [-0.05, 0) is 101 Å². The van der Waals surface area contributed by atoms with E-state index >= 15 is 0 Å². The zero-order valence-corrected chi connectivity index (χ0v) is 35.1. The van der Waals surface area contributed by atoms with Crippen molar-refractivity contribution in [2.45, 2.75) is 50.9 Å². The molecule has 4 heterocycles. The standard InChI is InChI=1S/C23H20ClFN4O3.C14H13FN2.C8H9ClN2O2/c1-32-22(30)14-9-18(24)20(27-10-14)12-28-23(31)29-21-16-3-2-4-19(25)15(16)6-5-13-7-8-26-11-17(13)21;15-13-3-1-2-11-10(13)5-4-9-6-7-17-8-12(9)14(11)16;1-13-8(12)5-2-6(9)7(3-10)11-4-5/h2-4,7-11,21H,5-6,12H2,1H3,(H2,28,29,31);1-3,6-8,14H,4-5,16H2;2,4H,3,10H2,1H3. The van der Waals surface area contributed by atoms with Crippen LogP contribution >= 0.6 is 23.2 Å². The van der Waals surface area contributed by atoms with Crippen LogP contribution in [0.3, 0.4) is 0 Å². The molecule has 2 aliphatic carbocycles. The Morgan fingerprint density at radius 3 is 1.77 bits per heavy atom. The fourth-order valence-electron chi connectivity index (χ4n) is 7.13. The highest BCUT2D eigenvalue weighted by atomic mass is 35.5. The summed E-state index contributed by atoms with van der Waals surface area (Å²) in [5.74, 6) is -1.46. The third-order valence-corrected chi connectivity index (χ3v) is 11.0. The molecule has 0 bridgehead atoms. The van der Waals surface area contributed by atoms with Crippen LogP contribution in [0, 0.1) is 11.6 Å². The number of carbonyl (C=O) groups is 3. The number of amides is 2. The van der Waals surface area contributed by atoms with Gasteiger partial charge in [-0.1, -0.05) is 47.5 Å². The fraction of sp³-hybridized carbons (Fsp3) is 0.222. The molecule has 2 aliphatic rings. The summed E-state index contributed by atoms with van der Waals surface area (Å²) < 4.78 is 37.4. The number of benzene rings is 2. The van der Waals surface area contributed by atoms with Crippen LogP contribution in [0.5, 0.6) is 0 Å². The molecule has 4 aromatic heterocycles. The van der Waals surface area contributed by atoms with Crippen LogP contribution < -0.4 is 22.1 Å². The van der Waals surface area contributed by atoms with Gasteiger partial charge in [0.05, 0.1) is 65.4 Å². The Hall–Kier alpha value is -6.39. The number of esters is 2. The maximum absolute atomic E-state index is 14.5. The fourth-order valence-corrected chi connectivity index (χ4v) is 7.61. The van der Waals surface area contributed by atoms with E-state index in [-0.39, 0.29) is 41.4 Å². The lowest BCUT2D eigenvalue weighted by atomic mass is 9.96. The van der Waals surface area contributed by atoms with Gasteiger partial charge in [0.1, 0.15) is 11.6 Å². The van der Waals surface area contributed by atoms with Crippen molar-refractivity contribution >= 4 is 41.2 Å². The third-order valence-electron chi connectivity index (χ3n) is 10.3. The first kappa shape index (κ1) is 45.1. The lowest BCUT2D eigenvalue weighted by molar-refractivity contribution is 0.0591. The van der Waals surface area contributed by atoms with E-state index in [1.807, 2.05) is 24.3 Å². The molecule has 0 radical (unpaired) electrons. The molecule has 2 atom stereocenters. The van der Waals surface area contributed by atoms with Gasteiger partial charge >= 0.3 is 18.0 Å². The molecule has 320 valence electrons. The summed E-state index contributed by atoms with van der Waals surface area (Å²) >= 11 is 12.0. The molecule has 13 nitrogen and oxygen atoms in total. The normalized spacial score (nSPS) is 14.5. The van der Waals surface area contributed by atoms with Crippen LogP contribution in [-0.4, -0.2) is 52.1 Å². The Labute approximate surface area is 366 Å². The number of nitrogens with two attached hydrogens (primary N) is 2. The Morgan fingerprint density at radius 1 is 0.710 bits per heavy atom. The lowest BCUT2D eigenvalue weighted by Crippen LogP contribution is -2.38. The van der Waals surface area contributed by atoms with E-state index in [0.717, 1.165) is 34.2 Å². The van der Waals surface area contributed by atoms with Gasteiger partial charge in [-0.15, -0.1) is 0 Å². The summed E-state index contributed by atoms with van der Waals surface area (Å²) in [6.45, 7) is 0.287. The molecule has 0 aliphatic heterocycles. The number of pyridine rings is 4. The van der Waals surface area contributed by atoms with Crippen molar-refractivity contribution in [2.24, 2.45) is 11.5 Å². The van der Waals surface area contributed by atoms with Gasteiger partial charge in [-0.2, -0.15) is 0 Å². The molecule has 8 rings (SSSR count). The number of halogens is 4. The van der Waals surface area contributed by atoms with E-state index in [4.69, 9.17) is 34.7 Å². The summed E-state index contributed by atoms with van der Waals surface area (Å²) in [6.07, 6.45) is 12.4. The van der Waals surface area contributed by atoms with Crippen molar-refractivity contribution < 1.29 is 32.6 Å². The Balaban J connectivity index is 0.000000177. The van der Waals surface area contributed by atoms with Crippen molar-refractivity contribution in [3.63, 3.8) is 0 Å². The van der Waals surface area contributed by atoms with E-state index in [1.54, 1.807) is 36.9 Å². The van der Waals surface area contributed by atoms with Gasteiger partial charge in [0.25, 0.3) is 0 Å². The first-order chi connectivity index (χ1) is 29.9. The average molecular weight is 884 g/mol. The van der Waals surface area contributed by atoms with E-state index in [2.05, 4.69) is 40.0 Å². The predicted molar refractivity (Wildman–Crippen MR) is 228 cm³/mol. The summed E-state index contributed by atoms with van der Waals surface area (Å²) in [5, 5.41) is 6.25. The van der Waals surface area contributed by atoms with E-state index < -0.39 is 24.0 Å². The van der Waals surface area contributed by atoms with Crippen molar-refractivity contribution in [1.82, 2.24) is 30.6 Å². The first-order valence-electron chi connectivity index (χ1n) is 19.3. The SMILES string of the molecule is COC(=O)c1cnc(CN)c(Cl)c1.COC(=O)c1cnc(CNC(=O)NC2c3cnccc3CCc3c(F)cccc32)c(Cl)c1.NC1c2cnccc2CCc2c(F)cccc21. The van der Waals surface area contributed by atoms with Crippen LogP contribution in [0.1, 0.15) is 88.7 Å². The molecule has 2 amide bonds. The van der Waals surface area contributed by atoms with Crippen LogP contribution in [0.15, 0.2) is 97.8 Å². The van der Waals surface area contributed by atoms with Crippen LogP contribution in [0.4, 0.5) is 13.6 Å². The minimum Gasteiger partial charge on any atom is -0.465 e. The number of carbonyl (C=O) groups excluding carboxylic acids is 3. The Bertz CT molecular complexity index is 2600. The highest BCUT2D eigenvalue weighted by molar-refractivity contribution is 6.31. The maximum atomic E-state index is 14.5. The van der Waals surface area contributed by atoms with E-state index in [1.165, 1.54) is 56.4 Å². The van der Waals surface area contributed by atoms with E-state index in [0.29, 0.717) is 52.4 Å². The summed E-state index contributed by atoms with van der Waals surface area (Å²) in [5.41, 5.74) is 20.0. The highest BCUT2D eigenvalue weighted by Gasteiger charge is 2.27. The Kier molecular flexibility index (Phi) is 15.2. The zero-order valence-electron chi connectivity index (χ0n) is 33.6. The van der Waals surface area contributed by atoms with Crippen molar-refractivity contribution in [2.75, 3.05) is 14.2 Å². The number of rotatable bonds is 6. The largest absolute Gasteiger partial charge is 0.465 e. The van der Waals surface area contributed by atoms with Crippen molar-refractivity contribution in [3.8, 4) is 0 Å². The van der Waals surface area contributed by atoms with Gasteiger partial charge < -0.3 is 31.6 Å². The molecular weight excluding hydrogens is 841 g/mol. The number of aryl methyl sites for hydroxylation is 2. The number of aromatic nitrogens is 4. The second-order valence-electron chi connectivity index (χ2n) is 14.0. The predicted octanol–water partition coefficient (Wildman–Crippen LogP) is 7.09. The van der Waals surface area contributed by atoms with Gasteiger partial charge in [-0.3, -0.25) is 19.9 Å². The molecule has 62 heavy (non-hydrogen) atoms. The lowest BCUT2D eigenvalue weighted by Gasteiger charge is -2.22. The molecule has 17 heteroatoms. The van der Waals surface area contributed by atoms with Crippen molar-refractivity contribution in [3.05, 3.63) is 187 Å². The monoisotopic (exact) mass is 882 g/mol. The summed E-state index contributed by atoms with van der Waals surface area (Å²) in [7, 11) is 2.56. The van der Waals surface area contributed by atoms with Crippen LogP contribution in [-0.2, 0) is 48.2 Å². The number of fused-ring (bicyclic) bond motifs is 4. The topological polar surface area (TPSA) is 197 Å². The van der Waals surface area contributed by atoms with E-state index in [9.17, 15) is 23.2 Å². The number of nitrogens with one attached hydrogen (secondary N) is 2. The number of nitrogens with zero attached hydrogens (tertiary/aromatic N) is 4. The number of ether oxygens (including phenoxy) is 2. The quantitative estimate of drug-likeness (QED) is 0.125. The van der Waals surface area contributed by atoms with Gasteiger partial charge in [0.2, 0.25) is 0 Å². The second kappa shape index (κ2) is 20.9. The molecule has 0 saturated heterocycles. The minimum absolute atomic E-state index is 0.0365. The smallest absolute Gasteiger partial charge is 0.339 e. The van der Waals surface area contributed by atoms with Crippen molar-refractivity contribution in [1.29, 1.82) is 0 Å². The molecule has 0 spiro atoms. The Morgan fingerprint density at radius 2 is 1.23 bits per heavy atom. The number of methoxy groups -OCH3 is 2. The van der Waals surface area contributed by atoms with Crippen LogP contribution in [0.2, 0.25) is 10.0 Å². The molecule has 2 aromatic carbocycles. The molecule has 0 fully saturated rings. The highest BCUT2D eigenvalue weighted by Crippen LogP contribution is 2.34. The summed E-state index contributed by atoms with van der Waals surface area (Å²) in [6, 6.07) is 15.5.